The van der Waals surface area contributed by atoms with Gasteiger partial charge < -0.3 is 19.1 Å². The number of amides is 2. The van der Waals surface area contributed by atoms with E-state index in [0.717, 1.165) is 58.5 Å². The first-order valence-corrected chi connectivity index (χ1v) is 10.9. The first-order chi connectivity index (χ1) is 13.6. The molecule has 5 rings (SSSR count). The molecule has 4 saturated heterocycles. The number of aromatic nitrogens is 1. The van der Waals surface area contributed by atoms with E-state index < -0.39 is 0 Å². The number of ether oxygens (including phenoxy) is 1. The zero-order chi connectivity index (χ0) is 19.1. The van der Waals surface area contributed by atoms with E-state index in [1.54, 1.807) is 0 Å². The Labute approximate surface area is 166 Å². The summed E-state index contributed by atoms with van der Waals surface area (Å²) in [5.74, 6) is 1.51. The van der Waals surface area contributed by atoms with Crippen molar-refractivity contribution in [2.45, 2.75) is 56.5 Å². The van der Waals surface area contributed by atoms with Crippen LogP contribution in [-0.2, 0) is 19.9 Å². The smallest absolute Gasteiger partial charge is 0.224 e. The first kappa shape index (κ1) is 18.2. The molecule has 1 aromatic heterocycles. The minimum atomic E-state index is -0.155. The topological polar surface area (TPSA) is 54.8 Å². The summed E-state index contributed by atoms with van der Waals surface area (Å²) in [5.41, 5.74) is -0.155. The third kappa shape index (κ3) is 3.15. The van der Waals surface area contributed by atoms with E-state index in [9.17, 15) is 9.59 Å². The van der Waals surface area contributed by atoms with Gasteiger partial charge in [-0.25, -0.2) is 0 Å². The quantitative estimate of drug-likeness (QED) is 0.802. The molecule has 0 N–H and O–H groups in total. The van der Waals surface area contributed by atoms with Crippen LogP contribution in [0, 0.1) is 11.8 Å². The molecule has 0 spiro atoms. The molecule has 6 nitrogen and oxygen atoms in total. The van der Waals surface area contributed by atoms with Gasteiger partial charge in [-0.15, -0.1) is 0 Å². The fraction of sp³-hybridized carbons (Fsp3) is 0.727. The van der Waals surface area contributed by atoms with E-state index in [4.69, 9.17) is 4.74 Å². The second-order valence-electron chi connectivity index (χ2n) is 9.27. The average Bonchev–Trinajstić information content (AvgIpc) is 3.25. The van der Waals surface area contributed by atoms with E-state index >= 15 is 0 Å². The summed E-state index contributed by atoms with van der Waals surface area (Å²) in [6.07, 6.45) is 10.5. The van der Waals surface area contributed by atoms with E-state index in [1.807, 2.05) is 12.1 Å². The fourth-order valence-corrected chi connectivity index (χ4v) is 6.14. The standard InChI is InChI=1S/C22H31N3O3/c26-20-5-3-4-19-18-12-17(15-25(19)20)14-23(16-18)21(27)13-22(6-10-28-11-7-22)24-8-1-2-9-24/h1-2,8-9,17-19H,3-7,10-16H2/t17-,18+,19+/m1/s1. The molecule has 0 radical (unpaired) electrons. The Kier molecular flexibility index (Phi) is 4.69. The lowest BCUT2D eigenvalue weighted by Gasteiger charge is -2.52. The lowest BCUT2D eigenvalue weighted by atomic mass is 9.75. The van der Waals surface area contributed by atoms with E-state index in [-0.39, 0.29) is 11.4 Å². The van der Waals surface area contributed by atoms with Crippen molar-refractivity contribution >= 4 is 11.8 Å². The summed E-state index contributed by atoms with van der Waals surface area (Å²) >= 11 is 0. The predicted octanol–water partition coefficient (Wildman–Crippen LogP) is 2.24. The van der Waals surface area contributed by atoms with Gasteiger partial charge in [0.15, 0.2) is 0 Å². The van der Waals surface area contributed by atoms with Crippen LogP contribution >= 0.6 is 0 Å². The predicted molar refractivity (Wildman–Crippen MR) is 105 cm³/mol. The second-order valence-corrected chi connectivity index (χ2v) is 9.27. The van der Waals surface area contributed by atoms with Crippen molar-refractivity contribution < 1.29 is 14.3 Å². The molecule has 0 aromatic carbocycles. The monoisotopic (exact) mass is 385 g/mol. The highest BCUT2D eigenvalue weighted by Gasteiger charge is 2.46. The molecule has 152 valence electrons. The lowest BCUT2D eigenvalue weighted by Crippen LogP contribution is -2.61. The van der Waals surface area contributed by atoms with Gasteiger partial charge in [0, 0.05) is 57.7 Å². The van der Waals surface area contributed by atoms with Gasteiger partial charge in [-0.05, 0) is 56.1 Å². The molecule has 0 aliphatic carbocycles. The Hall–Kier alpha value is -1.82. The second kappa shape index (κ2) is 7.21. The number of hydrogen-bond donors (Lipinski definition) is 0. The number of likely N-dealkylation sites (tertiary alicyclic amines) is 1. The molecular formula is C22H31N3O3. The third-order valence-electron chi connectivity index (χ3n) is 7.59. The maximum atomic E-state index is 13.4. The molecule has 5 heterocycles. The number of piperidine rings is 3. The zero-order valence-corrected chi connectivity index (χ0v) is 16.6. The van der Waals surface area contributed by atoms with Crippen LogP contribution in [-0.4, -0.2) is 65.1 Å². The van der Waals surface area contributed by atoms with Gasteiger partial charge in [-0.2, -0.15) is 0 Å². The van der Waals surface area contributed by atoms with Crippen molar-refractivity contribution in [3.8, 4) is 0 Å². The molecule has 4 aliphatic heterocycles. The summed E-state index contributed by atoms with van der Waals surface area (Å²) in [5, 5.41) is 0. The van der Waals surface area contributed by atoms with Crippen molar-refractivity contribution in [3.05, 3.63) is 24.5 Å². The van der Waals surface area contributed by atoms with Crippen LogP contribution in [0.4, 0.5) is 0 Å². The number of rotatable bonds is 3. The van der Waals surface area contributed by atoms with Crippen LogP contribution in [0.3, 0.4) is 0 Å². The Bertz CT molecular complexity index is 725. The van der Waals surface area contributed by atoms with Crippen molar-refractivity contribution in [1.29, 1.82) is 0 Å². The van der Waals surface area contributed by atoms with Gasteiger partial charge in [0.05, 0.1) is 12.0 Å². The normalized spacial score (nSPS) is 32.1. The fourth-order valence-electron chi connectivity index (χ4n) is 6.14. The number of carbonyl (C=O) groups is 2. The molecule has 4 aliphatic rings. The SMILES string of the molecule is O=C(CC1(n2cccc2)CCOCC1)N1C[C@H]2C[C@@H](C1)[C@@H]1CCCC(=O)N1C2. The summed E-state index contributed by atoms with van der Waals surface area (Å²) in [4.78, 5) is 30.0. The van der Waals surface area contributed by atoms with Gasteiger partial charge in [-0.1, -0.05) is 0 Å². The van der Waals surface area contributed by atoms with E-state index in [0.29, 0.717) is 36.6 Å². The summed E-state index contributed by atoms with van der Waals surface area (Å²) in [6, 6.07) is 4.44. The lowest BCUT2D eigenvalue weighted by molar-refractivity contribution is -0.150. The summed E-state index contributed by atoms with van der Waals surface area (Å²) in [6.45, 7) is 3.91. The molecule has 1 aromatic rings. The van der Waals surface area contributed by atoms with Crippen LogP contribution in [0.25, 0.3) is 0 Å². The van der Waals surface area contributed by atoms with Crippen LogP contribution in [0.15, 0.2) is 24.5 Å². The molecule has 2 bridgehead atoms. The number of nitrogens with zero attached hydrogens (tertiary/aromatic N) is 3. The number of carbonyl (C=O) groups excluding carboxylic acids is 2. The molecule has 0 saturated carbocycles. The Morgan fingerprint density at radius 2 is 1.93 bits per heavy atom. The van der Waals surface area contributed by atoms with Gasteiger partial charge in [-0.3, -0.25) is 9.59 Å². The van der Waals surface area contributed by atoms with Crippen molar-refractivity contribution in [2.75, 3.05) is 32.8 Å². The Balaban J connectivity index is 1.31. The summed E-state index contributed by atoms with van der Waals surface area (Å²) < 4.78 is 7.84. The van der Waals surface area contributed by atoms with Gasteiger partial charge in [0.25, 0.3) is 0 Å². The van der Waals surface area contributed by atoms with Gasteiger partial charge in [0.2, 0.25) is 11.8 Å². The van der Waals surface area contributed by atoms with E-state index in [2.05, 4.69) is 26.8 Å². The Morgan fingerprint density at radius 1 is 1.14 bits per heavy atom. The maximum absolute atomic E-state index is 13.4. The molecule has 28 heavy (non-hydrogen) atoms. The highest BCUT2D eigenvalue weighted by atomic mass is 16.5. The number of fused-ring (bicyclic) bond motifs is 4. The van der Waals surface area contributed by atoms with Crippen LogP contribution < -0.4 is 0 Å². The van der Waals surface area contributed by atoms with Gasteiger partial charge in [0.1, 0.15) is 0 Å². The van der Waals surface area contributed by atoms with Crippen molar-refractivity contribution in [3.63, 3.8) is 0 Å². The van der Waals surface area contributed by atoms with Crippen molar-refractivity contribution in [1.82, 2.24) is 14.4 Å². The van der Waals surface area contributed by atoms with E-state index in [1.165, 1.54) is 6.42 Å². The maximum Gasteiger partial charge on any atom is 0.224 e. The zero-order valence-electron chi connectivity index (χ0n) is 16.6. The minimum Gasteiger partial charge on any atom is -0.381 e. The first-order valence-electron chi connectivity index (χ1n) is 10.9. The largest absolute Gasteiger partial charge is 0.381 e. The molecule has 4 fully saturated rings. The number of hydrogen-bond acceptors (Lipinski definition) is 3. The molecule has 6 heteroatoms. The average molecular weight is 386 g/mol. The highest BCUT2D eigenvalue weighted by Crippen LogP contribution is 2.39. The Morgan fingerprint density at radius 3 is 2.71 bits per heavy atom. The molecule has 2 amide bonds. The van der Waals surface area contributed by atoms with Crippen LogP contribution in [0.1, 0.15) is 44.9 Å². The third-order valence-corrected chi connectivity index (χ3v) is 7.59. The highest BCUT2D eigenvalue weighted by molar-refractivity contribution is 5.79. The van der Waals surface area contributed by atoms with Crippen molar-refractivity contribution in [2.24, 2.45) is 11.8 Å². The minimum absolute atomic E-state index is 0.155. The van der Waals surface area contributed by atoms with Crippen LogP contribution in [0.5, 0.6) is 0 Å². The van der Waals surface area contributed by atoms with Crippen LogP contribution in [0.2, 0.25) is 0 Å². The summed E-state index contributed by atoms with van der Waals surface area (Å²) in [7, 11) is 0. The molecule has 3 atom stereocenters. The molecular weight excluding hydrogens is 354 g/mol. The van der Waals surface area contributed by atoms with Gasteiger partial charge >= 0.3 is 0 Å². The molecule has 0 unspecified atom stereocenters.